The number of nitrogens with zero attached hydrogens (tertiary/aromatic N) is 3. The number of methoxy groups -OCH3 is 1. The van der Waals surface area contributed by atoms with E-state index in [1.54, 1.807) is 7.11 Å². The molecule has 0 bridgehead atoms. The van der Waals surface area contributed by atoms with Crippen LogP contribution in [0.2, 0.25) is 0 Å². The third-order valence-electron chi connectivity index (χ3n) is 3.40. The Hall–Kier alpha value is -1.01. The molecule has 1 unspecified atom stereocenters. The Balaban J connectivity index is 2.18. The maximum absolute atomic E-state index is 5.17. The normalized spacial score (nSPS) is 18.2. The number of nitrogens with one attached hydrogen (secondary N) is 1. The molecule has 5 nitrogen and oxygen atoms in total. The van der Waals surface area contributed by atoms with E-state index in [0.717, 1.165) is 30.4 Å². The van der Waals surface area contributed by atoms with Gasteiger partial charge >= 0.3 is 0 Å². The minimum atomic E-state index is 0.446. The summed E-state index contributed by atoms with van der Waals surface area (Å²) in [4.78, 5) is 11.4. The van der Waals surface area contributed by atoms with Gasteiger partial charge in [0.15, 0.2) is 5.82 Å². The Kier molecular flexibility index (Phi) is 5.91. The van der Waals surface area contributed by atoms with Crippen molar-refractivity contribution in [2.45, 2.75) is 32.4 Å². The summed E-state index contributed by atoms with van der Waals surface area (Å²) < 4.78 is 5.17. The van der Waals surface area contributed by atoms with E-state index in [1.165, 1.54) is 17.9 Å². The molecule has 0 spiro atoms. The molecule has 1 fully saturated rings. The van der Waals surface area contributed by atoms with Crippen LogP contribution in [0.5, 0.6) is 0 Å². The van der Waals surface area contributed by atoms with Gasteiger partial charge in [0.25, 0.3) is 0 Å². The Morgan fingerprint density at radius 3 is 3.00 bits per heavy atom. The average Bonchev–Trinajstić information content (AvgIpc) is 2.98. The lowest BCUT2D eigenvalue weighted by atomic mass is 10.2. The van der Waals surface area contributed by atoms with Crippen LogP contribution in [0, 0.1) is 0 Å². The molecule has 0 aromatic carbocycles. The van der Waals surface area contributed by atoms with Crippen LogP contribution in [0.1, 0.15) is 25.6 Å². The van der Waals surface area contributed by atoms with Crippen molar-refractivity contribution in [2.75, 3.05) is 42.4 Å². The van der Waals surface area contributed by atoms with Gasteiger partial charge in [-0.1, -0.05) is 6.92 Å². The summed E-state index contributed by atoms with van der Waals surface area (Å²) in [7, 11) is 3.80. The second-order valence-electron chi connectivity index (χ2n) is 5.02. The first-order valence-corrected chi connectivity index (χ1v) is 8.31. The van der Waals surface area contributed by atoms with Crippen LogP contribution < -0.4 is 10.2 Å². The predicted molar refractivity (Wildman–Crippen MR) is 85.7 cm³/mol. The van der Waals surface area contributed by atoms with Crippen molar-refractivity contribution in [3.8, 4) is 0 Å². The first-order chi connectivity index (χ1) is 9.74. The van der Waals surface area contributed by atoms with Gasteiger partial charge in [-0.15, -0.1) is 0 Å². The molecule has 20 heavy (non-hydrogen) atoms. The van der Waals surface area contributed by atoms with Crippen molar-refractivity contribution in [3.05, 3.63) is 11.9 Å². The molecule has 1 N–H and O–H groups in total. The summed E-state index contributed by atoms with van der Waals surface area (Å²) in [6, 6.07) is 2.61. The molecule has 112 valence electrons. The number of hydrogen-bond donors (Lipinski definition) is 1. The lowest BCUT2D eigenvalue weighted by molar-refractivity contribution is 0.178. The molecule has 1 aromatic rings. The molecule has 1 aromatic heterocycles. The third-order valence-corrected chi connectivity index (χ3v) is 4.55. The maximum atomic E-state index is 5.17. The summed E-state index contributed by atoms with van der Waals surface area (Å²) in [6.07, 6.45) is 2.30. The molecule has 2 heterocycles. The van der Waals surface area contributed by atoms with Crippen molar-refractivity contribution in [3.63, 3.8) is 0 Å². The second-order valence-corrected chi connectivity index (χ2v) is 6.17. The van der Waals surface area contributed by atoms with E-state index in [4.69, 9.17) is 4.74 Å². The largest absolute Gasteiger partial charge is 0.377 e. The SMILES string of the molecule is CCCNc1cc(N(C)C2CCSC2)nc(COC)n1. The summed E-state index contributed by atoms with van der Waals surface area (Å²) in [5, 5.41) is 3.34. The number of hydrogen-bond acceptors (Lipinski definition) is 6. The Bertz CT molecular complexity index is 424. The lowest BCUT2D eigenvalue weighted by Crippen LogP contribution is -2.32. The molecular weight excluding hydrogens is 272 g/mol. The first-order valence-electron chi connectivity index (χ1n) is 7.16. The van der Waals surface area contributed by atoms with E-state index in [9.17, 15) is 0 Å². The van der Waals surface area contributed by atoms with Crippen molar-refractivity contribution < 1.29 is 4.74 Å². The van der Waals surface area contributed by atoms with Gasteiger partial charge in [-0.25, -0.2) is 9.97 Å². The number of ether oxygens (including phenoxy) is 1. The smallest absolute Gasteiger partial charge is 0.158 e. The molecule has 2 rings (SSSR count). The third kappa shape index (κ3) is 3.99. The minimum absolute atomic E-state index is 0.446. The molecule has 0 saturated carbocycles. The van der Waals surface area contributed by atoms with Crippen LogP contribution in [0.3, 0.4) is 0 Å². The zero-order valence-corrected chi connectivity index (χ0v) is 13.4. The predicted octanol–water partition coefficient (Wildman–Crippen LogP) is 2.39. The Labute approximate surface area is 125 Å². The van der Waals surface area contributed by atoms with E-state index in [-0.39, 0.29) is 0 Å². The fraction of sp³-hybridized carbons (Fsp3) is 0.714. The Morgan fingerprint density at radius 1 is 1.50 bits per heavy atom. The van der Waals surface area contributed by atoms with E-state index in [0.29, 0.717) is 12.6 Å². The highest BCUT2D eigenvalue weighted by Gasteiger charge is 2.22. The first kappa shape index (κ1) is 15.4. The second kappa shape index (κ2) is 7.69. The van der Waals surface area contributed by atoms with Crippen LogP contribution in [0.15, 0.2) is 6.07 Å². The minimum Gasteiger partial charge on any atom is -0.377 e. The van der Waals surface area contributed by atoms with Gasteiger partial charge in [-0.2, -0.15) is 11.8 Å². The van der Waals surface area contributed by atoms with Crippen LogP contribution >= 0.6 is 11.8 Å². The molecule has 1 aliphatic rings. The van der Waals surface area contributed by atoms with Gasteiger partial charge < -0.3 is 15.0 Å². The zero-order valence-electron chi connectivity index (χ0n) is 12.6. The highest BCUT2D eigenvalue weighted by molar-refractivity contribution is 7.99. The lowest BCUT2D eigenvalue weighted by Gasteiger charge is -2.25. The van der Waals surface area contributed by atoms with Gasteiger partial charge in [-0.05, 0) is 18.6 Å². The fourth-order valence-electron chi connectivity index (χ4n) is 2.22. The van der Waals surface area contributed by atoms with Crippen LogP contribution in [0.25, 0.3) is 0 Å². The van der Waals surface area contributed by atoms with Crippen molar-refractivity contribution in [1.82, 2.24) is 9.97 Å². The standard InChI is InChI=1S/C14H24N4OS/c1-4-6-15-12-8-14(17-13(16-12)9-19-3)18(2)11-5-7-20-10-11/h8,11H,4-7,9-10H2,1-3H3,(H,15,16,17). The van der Waals surface area contributed by atoms with Gasteiger partial charge in [-0.3, -0.25) is 0 Å². The molecule has 0 aliphatic carbocycles. The fourth-order valence-corrected chi connectivity index (χ4v) is 3.48. The van der Waals surface area contributed by atoms with E-state index >= 15 is 0 Å². The summed E-state index contributed by atoms with van der Waals surface area (Å²) >= 11 is 2.01. The molecule has 6 heteroatoms. The highest BCUT2D eigenvalue weighted by atomic mass is 32.2. The van der Waals surface area contributed by atoms with Gasteiger partial charge in [0.05, 0.1) is 0 Å². The average molecular weight is 296 g/mol. The number of rotatable bonds is 7. The van der Waals surface area contributed by atoms with Crippen LogP contribution in [0.4, 0.5) is 11.6 Å². The van der Waals surface area contributed by atoms with E-state index in [1.807, 2.05) is 17.8 Å². The van der Waals surface area contributed by atoms with Crippen LogP contribution in [-0.4, -0.2) is 48.2 Å². The zero-order chi connectivity index (χ0) is 14.4. The summed E-state index contributed by atoms with van der Waals surface area (Å²) in [5.41, 5.74) is 0. The number of aromatic nitrogens is 2. The van der Waals surface area contributed by atoms with Crippen molar-refractivity contribution in [2.24, 2.45) is 0 Å². The number of thioether (sulfide) groups is 1. The Morgan fingerprint density at radius 2 is 2.35 bits per heavy atom. The topological polar surface area (TPSA) is 50.3 Å². The summed E-state index contributed by atoms with van der Waals surface area (Å²) in [6.45, 7) is 3.51. The maximum Gasteiger partial charge on any atom is 0.158 e. The van der Waals surface area contributed by atoms with Gasteiger partial charge in [0.2, 0.25) is 0 Å². The van der Waals surface area contributed by atoms with Crippen molar-refractivity contribution in [1.29, 1.82) is 0 Å². The van der Waals surface area contributed by atoms with Gasteiger partial charge in [0.1, 0.15) is 18.2 Å². The summed E-state index contributed by atoms with van der Waals surface area (Å²) in [5.74, 6) is 5.03. The molecule has 0 amide bonds. The monoisotopic (exact) mass is 296 g/mol. The molecule has 1 saturated heterocycles. The van der Waals surface area contributed by atoms with E-state index < -0.39 is 0 Å². The molecule has 0 radical (unpaired) electrons. The quantitative estimate of drug-likeness (QED) is 0.834. The molecular formula is C14H24N4OS. The highest BCUT2D eigenvalue weighted by Crippen LogP contribution is 2.26. The molecule has 1 aliphatic heterocycles. The van der Waals surface area contributed by atoms with E-state index in [2.05, 4.69) is 34.2 Å². The molecule has 1 atom stereocenters. The van der Waals surface area contributed by atoms with Gasteiger partial charge in [0, 0.05) is 38.6 Å². The van der Waals surface area contributed by atoms with Crippen LogP contribution in [-0.2, 0) is 11.3 Å². The van der Waals surface area contributed by atoms with Crippen molar-refractivity contribution >= 4 is 23.4 Å². The number of anilines is 2.